The molecule has 1 aliphatic heterocycles. The summed E-state index contributed by atoms with van der Waals surface area (Å²) in [5.41, 5.74) is -1.12. The molecule has 0 spiro atoms. The van der Waals surface area contributed by atoms with Gasteiger partial charge in [-0.1, -0.05) is 5.16 Å². The lowest BCUT2D eigenvalue weighted by molar-refractivity contribution is 0.383. The van der Waals surface area contributed by atoms with E-state index in [1.165, 1.54) is 11.6 Å². The van der Waals surface area contributed by atoms with Crippen LogP contribution in [0.5, 0.6) is 0 Å². The van der Waals surface area contributed by atoms with Crippen molar-refractivity contribution in [2.24, 2.45) is 14.1 Å². The summed E-state index contributed by atoms with van der Waals surface area (Å²) in [5.74, 6) is 1.26. The number of hydrogen-bond acceptors (Lipinski definition) is 7. The summed E-state index contributed by atoms with van der Waals surface area (Å²) < 4.78 is 7.29. The molecule has 3 rings (SSSR count). The lowest BCUT2D eigenvalue weighted by Gasteiger charge is -2.27. The highest BCUT2D eigenvalue weighted by atomic mass is 16.5. The van der Waals surface area contributed by atoms with Gasteiger partial charge in [0.1, 0.15) is 11.9 Å². The molecule has 120 valence electrons. The van der Waals surface area contributed by atoms with Crippen molar-refractivity contribution in [1.82, 2.24) is 19.3 Å². The van der Waals surface area contributed by atoms with Gasteiger partial charge in [0.05, 0.1) is 6.04 Å². The number of aromatic nitrogens is 4. The minimum atomic E-state index is -0.597. The standard InChI is InChI=1S/C14H16N6O3/c1-8-16-11(17-23-8)10-5-4-6-20(10)12-9(7-15)13(21)19(3)14(22)18(12)2/h10H,4-6H2,1-3H3/t10-/m0/s1. The minimum Gasteiger partial charge on any atom is -0.346 e. The predicted octanol–water partition coefficient (Wildman–Crippen LogP) is -0.0114. The van der Waals surface area contributed by atoms with Crippen LogP contribution in [0.3, 0.4) is 0 Å². The number of aryl methyl sites for hydroxylation is 1. The van der Waals surface area contributed by atoms with Gasteiger partial charge in [-0.05, 0) is 12.8 Å². The molecule has 2 aromatic rings. The second kappa shape index (κ2) is 5.39. The highest BCUT2D eigenvalue weighted by Crippen LogP contribution is 2.34. The SMILES string of the molecule is Cc1nc([C@@H]2CCCN2c2c(C#N)c(=O)n(C)c(=O)n2C)no1. The lowest BCUT2D eigenvalue weighted by atomic mass is 10.2. The normalized spacial score (nSPS) is 17.5. The molecule has 1 saturated heterocycles. The third-order valence-corrected chi connectivity index (χ3v) is 4.11. The summed E-state index contributed by atoms with van der Waals surface area (Å²) in [5, 5.41) is 13.3. The Balaban J connectivity index is 2.20. The van der Waals surface area contributed by atoms with Crippen LogP contribution in [-0.2, 0) is 14.1 Å². The Morgan fingerprint density at radius 2 is 2.04 bits per heavy atom. The van der Waals surface area contributed by atoms with E-state index in [1.54, 1.807) is 14.0 Å². The number of rotatable bonds is 2. The first kappa shape index (κ1) is 15.0. The molecule has 0 bridgehead atoms. The first-order chi connectivity index (χ1) is 11.0. The van der Waals surface area contributed by atoms with Crippen LogP contribution in [0.2, 0.25) is 0 Å². The average Bonchev–Trinajstić information content (AvgIpc) is 3.17. The first-order valence-corrected chi connectivity index (χ1v) is 7.22. The number of nitrogens with zero attached hydrogens (tertiary/aromatic N) is 6. The number of anilines is 1. The molecule has 0 unspecified atom stereocenters. The van der Waals surface area contributed by atoms with Crippen LogP contribution in [0.15, 0.2) is 14.1 Å². The zero-order valence-corrected chi connectivity index (χ0v) is 13.1. The van der Waals surface area contributed by atoms with Gasteiger partial charge in [-0.2, -0.15) is 10.2 Å². The van der Waals surface area contributed by atoms with E-state index < -0.39 is 11.2 Å². The molecule has 0 saturated carbocycles. The van der Waals surface area contributed by atoms with Crippen molar-refractivity contribution in [2.45, 2.75) is 25.8 Å². The van der Waals surface area contributed by atoms with Gasteiger partial charge in [-0.3, -0.25) is 13.9 Å². The molecule has 0 aromatic carbocycles. The highest BCUT2D eigenvalue weighted by Gasteiger charge is 2.34. The molecule has 9 nitrogen and oxygen atoms in total. The Morgan fingerprint density at radius 1 is 1.30 bits per heavy atom. The Kier molecular flexibility index (Phi) is 3.52. The van der Waals surface area contributed by atoms with E-state index in [0.717, 1.165) is 17.4 Å². The number of nitriles is 1. The Hall–Kier alpha value is -2.89. The maximum atomic E-state index is 12.2. The molecule has 1 fully saturated rings. The summed E-state index contributed by atoms with van der Waals surface area (Å²) in [7, 11) is 2.91. The van der Waals surface area contributed by atoms with Crippen molar-refractivity contribution in [3.8, 4) is 6.07 Å². The molecule has 0 radical (unpaired) electrons. The zero-order chi connectivity index (χ0) is 16.7. The summed E-state index contributed by atoms with van der Waals surface area (Å²) in [6.45, 7) is 2.30. The van der Waals surface area contributed by atoms with Gasteiger partial charge < -0.3 is 9.42 Å². The maximum Gasteiger partial charge on any atom is 0.332 e. The van der Waals surface area contributed by atoms with E-state index in [0.29, 0.717) is 24.1 Å². The van der Waals surface area contributed by atoms with Crippen LogP contribution in [-0.4, -0.2) is 25.8 Å². The van der Waals surface area contributed by atoms with Crippen molar-refractivity contribution >= 4 is 5.82 Å². The topological polar surface area (TPSA) is 110 Å². The van der Waals surface area contributed by atoms with E-state index >= 15 is 0 Å². The third kappa shape index (κ3) is 2.23. The molecular formula is C14H16N6O3. The third-order valence-electron chi connectivity index (χ3n) is 4.11. The van der Waals surface area contributed by atoms with Crippen molar-refractivity contribution < 1.29 is 4.52 Å². The van der Waals surface area contributed by atoms with Gasteiger partial charge in [0, 0.05) is 27.6 Å². The second-order valence-electron chi connectivity index (χ2n) is 5.54. The lowest BCUT2D eigenvalue weighted by Crippen LogP contribution is -2.42. The molecule has 1 atom stereocenters. The van der Waals surface area contributed by atoms with Crippen LogP contribution in [0, 0.1) is 18.3 Å². The van der Waals surface area contributed by atoms with E-state index in [1.807, 2.05) is 11.0 Å². The van der Waals surface area contributed by atoms with Crippen molar-refractivity contribution in [2.75, 3.05) is 11.4 Å². The van der Waals surface area contributed by atoms with Gasteiger partial charge in [0.15, 0.2) is 11.4 Å². The van der Waals surface area contributed by atoms with Gasteiger partial charge in [0.2, 0.25) is 5.89 Å². The molecule has 9 heteroatoms. The largest absolute Gasteiger partial charge is 0.346 e. The van der Waals surface area contributed by atoms with Crippen molar-refractivity contribution in [3.63, 3.8) is 0 Å². The van der Waals surface area contributed by atoms with Crippen LogP contribution < -0.4 is 16.1 Å². The van der Waals surface area contributed by atoms with Crippen LogP contribution >= 0.6 is 0 Å². The fourth-order valence-corrected chi connectivity index (χ4v) is 3.01. The molecule has 0 amide bonds. The minimum absolute atomic E-state index is 0.0540. The molecule has 2 aromatic heterocycles. The van der Waals surface area contributed by atoms with Crippen molar-refractivity contribution in [3.05, 3.63) is 38.1 Å². The second-order valence-corrected chi connectivity index (χ2v) is 5.54. The molecular weight excluding hydrogens is 300 g/mol. The molecule has 0 aliphatic carbocycles. The summed E-state index contributed by atoms with van der Waals surface area (Å²) in [4.78, 5) is 30.6. The quantitative estimate of drug-likeness (QED) is 0.766. The smallest absolute Gasteiger partial charge is 0.332 e. The first-order valence-electron chi connectivity index (χ1n) is 7.22. The molecule has 3 heterocycles. The predicted molar refractivity (Wildman–Crippen MR) is 80.0 cm³/mol. The Labute approximate surface area is 131 Å². The van der Waals surface area contributed by atoms with Gasteiger partial charge in [0.25, 0.3) is 5.56 Å². The van der Waals surface area contributed by atoms with Gasteiger partial charge in [-0.15, -0.1) is 0 Å². The van der Waals surface area contributed by atoms with Gasteiger partial charge >= 0.3 is 5.69 Å². The maximum absolute atomic E-state index is 12.2. The average molecular weight is 316 g/mol. The number of hydrogen-bond donors (Lipinski definition) is 0. The van der Waals surface area contributed by atoms with E-state index in [9.17, 15) is 14.9 Å². The highest BCUT2D eigenvalue weighted by molar-refractivity contribution is 5.55. The molecule has 0 N–H and O–H groups in total. The van der Waals surface area contributed by atoms with E-state index in [2.05, 4.69) is 10.1 Å². The fraction of sp³-hybridized carbons (Fsp3) is 0.500. The fourth-order valence-electron chi connectivity index (χ4n) is 3.01. The van der Waals surface area contributed by atoms with Crippen LogP contribution in [0.25, 0.3) is 0 Å². The van der Waals surface area contributed by atoms with E-state index in [4.69, 9.17) is 4.52 Å². The zero-order valence-electron chi connectivity index (χ0n) is 13.1. The summed E-state index contributed by atoms with van der Waals surface area (Å²) in [6, 6.07) is 1.70. The monoisotopic (exact) mass is 316 g/mol. The van der Waals surface area contributed by atoms with Crippen LogP contribution in [0.4, 0.5) is 5.82 Å². The molecule has 1 aliphatic rings. The Bertz CT molecular complexity index is 916. The van der Waals surface area contributed by atoms with E-state index in [-0.39, 0.29) is 11.6 Å². The summed E-state index contributed by atoms with van der Waals surface area (Å²) in [6.07, 6.45) is 1.60. The summed E-state index contributed by atoms with van der Waals surface area (Å²) >= 11 is 0. The van der Waals surface area contributed by atoms with Gasteiger partial charge in [-0.25, -0.2) is 4.79 Å². The Morgan fingerprint density at radius 3 is 2.65 bits per heavy atom. The molecule has 23 heavy (non-hydrogen) atoms. The van der Waals surface area contributed by atoms with Crippen LogP contribution in [0.1, 0.15) is 36.2 Å². The van der Waals surface area contributed by atoms with Crippen molar-refractivity contribution in [1.29, 1.82) is 5.26 Å².